The van der Waals surface area contributed by atoms with Crippen LogP contribution < -0.4 is 5.56 Å². The van der Waals surface area contributed by atoms with Crippen molar-refractivity contribution < 1.29 is 9.18 Å². The number of alkyl halides is 1. The van der Waals surface area contributed by atoms with Crippen LogP contribution in [0.15, 0.2) is 47.3 Å². The lowest BCUT2D eigenvalue weighted by Gasteiger charge is -2.11. The summed E-state index contributed by atoms with van der Waals surface area (Å²) in [4.78, 5) is 24.7. The van der Waals surface area contributed by atoms with E-state index in [0.29, 0.717) is 22.7 Å². The summed E-state index contributed by atoms with van der Waals surface area (Å²) >= 11 is 18.3. The zero-order valence-corrected chi connectivity index (χ0v) is 17.7. The molecule has 0 unspecified atom stereocenters. The van der Waals surface area contributed by atoms with Crippen LogP contribution in [0.5, 0.6) is 0 Å². The van der Waals surface area contributed by atoms with E-state index >= 15 is 0 Å². The number of carbonyl (C=O) groups excluding carboxylic acids is 1. The minimum absolute atomic E-state index is 0.0995. The number of nitrogens with zero attached hydrogens (tertiary/aromatic N) is 2. The van der Waals surface area contributed by atoms with Crippen LogP contribution in [0.4, 0.5) is 4.39 Å². The van der Waals surface area contributed by atoms with Crippen molar-refractivity contribution in [1.82, 2.24) is 9.78 Å². The molecule has 0 aliphatic rings. The number of halogens is 4. The molecule has 0 fully saturated rings. The maximum absolute atomic E-state index is 13.0. The quantitative estimate of drug-likeness (QED) is 0.476. The Labute approximate surface area is 181 Å². The minimum Gasteiger partial charge on any atom is -0.288 e. The summed E-state index contributed by atoms with van der Waals surface area (Å²) in [7, 11) is 0. The largest absolute Gasteiger partial charge is 0.288 e. The summed E-state index contributed by atoms with van der Waals surface area (Å²) in [6.07, 6.45) is 0.377. The average Bonchev–Trinajstić information content (AvgIpc) is 2.65. The molecule has 4 nitrogen and oxygen atoms in total. The molecule has 0 N–H and O–H groups in total. The molecule has 0 radical (unpaired) electrons. The highest BCUT2D eigenvalue weighted by Crippen LogP contribution is 2.31. The lowest BCUT2D eigenvalue weighted by Crippen LogP contribution is -2.24. The summed E-state index contributed by atoms with van der Waals surface area (Å²) < 4.78 is 13.7. The molecule has 1 aromatic heterocycles. The number of rotatable bonds is 6. The second kappa shape index (κ2) is 9.08. The Bertz CT molecular complexity index is 1120. The fraction of sp³-hybridized carbons (Fsp3) is 0.190. The van der Waals surface area contributed by atoms with Gasteiger partial charge in [0.1, 0.15) is 6.67 Å². The van der Waals surface area contributed by atoms with E-state index in [1.165, 1.54) is 18.2 Å². The Balaban J connectivity index is 1.96. The molecule has 0 amide bonds. The van der Waals surface area contributed by atoms with Crippen molar-refractivity contribution in [2.45, 2.75) is 19.9 Å². The number of carbonyl (C=O) groups is 1. The highest BCUT2D eigenvalue weighted by Gasteiger charge is 2.19. The topological polar surface area (TPSA) is 52.0 Å². The summed E-state index contributed by atoms with van der Waals surface area (Å²) in [5.41, 5.74) is 2.61. The summed E-state index contributed by atoms with van der Waals surface area (Å²) in [6, 6.07) is 11.1. The highest BCUT2D eigenvalue weighted by atomic mass is 35.5. The smallest absolute Gasteiger partial charge is 0.266 e. The Kier molecular flexibility index (Phi) is 6.73. The fourth-order valence-electron chi connectivity index (χ4n) is 2.93. The van der Waals surface area contributed by atoms with E-state index in [2.05, 4.69) is 5.10 Å². The lowest BCUT2D eigenvalue weighted by atomic mass is 9.96. The van der Waals surface area contributed by atoms with Gasteiger partial charge in [0.05, 0.1) is 27.8 Å². The summed E-state index contributed by atoms with van der Waals surface area (Å²) in [5, 5.41) is 4.89. The van der Waals surface area contributed by atoms with Crippen molar-refractivity contribution in [1.29, 1.82) is 0 Å². The molecule has 150 valence electrons. The van der Waals surface area contributed by atoms with Crippen molar-refractivity contribution in [3.8, 4) is 0 Å². The molecule has 0 saturated heterocycles. The first-order valence-corrected chi connectivity index (χ1v) is 9.85. The molecule has 3 aromatic rings. The second-order valence-electron chi connectivity index (χ2n) is 6.47. The molecule has 0 bridgehead atoms. The van der Waals surface area contributed by atoms with E-state index in [9.17, 15) is 14.0 Å². The van der Waals surface area contributed by atoms with Gasteiger partial charge >= 0.3 is 0 Å². The van der Waals surface area contributed by atoms with Gasteiger partial charge < -0.3 is 0 Å². The van der Waals surface area contributed by atoms with Gasteiger partial charge in [0.2, 0.25) is 0 Å². The van der Waals surface area contributed by atoms with Gasteiger partial charge in [0.25, 0.3) is 5.56 Å². The number of hydrogen-bond acceptors (Lipinski definition) is 3. The molecule has 8 heteroatoms. The zero-order chi connectivity index (χ0) is 21.1. The van der Waals surface area contributed by atoms with Gasteiger partial charge in [0.15, 0.2) is 5.78 Å². The first-order valence-electron chi connectivity index (χ1n) is 8.72. The van der Waals surface area contributed by atoms with Gasteiger partial charge in [-0.25, -0.2) is 9.07 Å². The van der Waals surface area contributed by atoms with Gasteiger partial charge in [-0.15, -0.1) is 0 Å². The Hall–Kier alpha value is -2.21. The third kappa shape index (κ3) is 4.86. The predicted molar refractivity (Wildman–Crippen MR) is 113 cm³/mol. The van der Waals surface area contributed by atoms with E-state index in [4.69, 9.17) is 34.8 Å². The summed E-state index contributed by atoms with van der Waals surface area (Å²) in [6.45, 7) is 1.13. The second-order valence-corrected chi connectivity index (χ2v) is 7.72. The monoisotopic (exact) mass is 452 g/mol. The number of ketones is 1. The first-order chi connectivity index (χ1) is 13.8. The number of hydrogen-bond donors (Lipinski definition) is 0. The third-order valence-corrected chi connectivity index (χ3v) is 5.25. The van der Waals surface area contributed by atoms with Gasteiger partial charge in [-0.3, -0.25) is 9.59 Å². The van der Waals surface area contributed by atoms with Crippen molar-refractivity contribution >= 4 is 40.6 Å². The normalized spacial score (nSPS) is 10.9. The van der Waals surface area contributed by atoms with Crippen LogP contribution in [0.1, 0.15) is 32.7 Å². The van der Waals surface area contributed by atoms with Gasteiger partial charge in [-0.05, 0) is 42.3 Å². The molecule has 0 atom stereocenters. The van der Waals surface area contributed by atoms with Gasteiger partial charge in [-0.2, -0.15) is 5.10 Å². The van der Waals surface area contributed by atoms with Crippen molar-refractivity contribution in [3.05, 3.63) is 95.8 Å². The van der Waals surface area contributed by atoms with Crippen LogP contribution in [0.2, 0.25) is 15.1 Å². The van der Waals surface area contributed by atoms with Crippen LogP contribution in [-0.2, 0) is 13.0 Å². The maximum Gasteiger partial charge on any atom is 0.266 e. The van der Waals surface area contributed by atoms with Crippen LogP contribution in [0, 0.1) is 6.92 Å². The van der Waals surface area contributed by atoms with Crippen molar-refractivity contribution in [2.75, 3.05) is 6.67 Å². The molecule has 0 spiro atoms. The van der Waals surface area contributed by atoms with Gasteiger partial charge in [0, 0.05) is 23.1 Å². The van der Waals surface area contributed by atoms with Crippen LogP contribution in [0.3, 0.4) is 0 Å². The molecule has 29 heavy (non-hydrogen) atoms. The Morgan fingerprint density at radius 2 is 1.76 bits per heavy atom. The van der Waals surface area contributed by atoms with Crippen LogP contribution in [-0.4, -0.2) is 22.2 Å². The molecule has 1 heterocycles. The van der Waals surface area contributed by atoms with Crippen molar-refractivity contribution in [2.24, 2.45) is 0 Å². The van der Waals surface area contributed by atoms with E-state index < -0.39 is 6.67 Å². The van der Waals surface area contributed by atoms with E-state index in [0.717, 1.165) is 15.8 Å². The molecular weight excluding hydrogens is 438 g/mol. The van der Waals surface area contributed by atoms with E-state index in [1.54, 1.807) is 18.2 Å². The van der Waals surface area contributed by atoms with Crippen LogP contribution >= 0.6 is 34.8 Å². The van der Waals surface area contributed by atoms with Crippen LogP contribution in [0.25, 0.3) is 0 Å². The lowest BCUT2D eigenvalue weighted by molar-refractivity contribution is 0.103. The molecular formula is C21H16Cl3FN2O2. The molecule has 0 aliphatic carbocycles. The number of aryl methyl sites for hydroxylation is 2. The van der Waals surface area contributed by atoms with E-state index in [1.807, 2.05) is 13.0 Å². The molecule has 3 rings (SSSR count). The Morgan fingerprint density at radius 3 is 2.41 bits per heavy atom. The minimum atomic E-state index is -0.679. The zero-order valence-electron chi connectivity index (χ0n) is 15.4. The number of aromatic nitrogens is 2. The van der Waals surface area contributed by atoms with Crippen molar-refractivity contribution in [3.63, 3.8) is 0 Å². The molecule has 2 aromatic carbocycles. The predicted octanol–water partition coefficient (Wildman–Crippen LogP) is 5.30. The molecule has 0 aliphatic heterocycles. The Morgan fingerprint density at radius 1 is 1.07 bits per heavy atom. The average molecular weight is 454 g/mol. The highest BCUT2D eigenvalue weighted by molar-refractivity contribution is 6.43. The SMILES string of the molecule is Cc1ccc(C(=O)c2c(Cl)cc(Cl)cc2Cl)cc1Cc1ccc(=O)n(CCF)n1. The molecule has 0 saturated carbocycles. The van der Waals surface area contributed by atoms with Gasteiger partial charge in [-0.1, -0.05) is 46.9 Å². The standard InChI is InChI=1S/C21H16Cl3FN2O2/c1-12-2-3-13(21(29)20-17(23)10-15(22)11-18(20)24)8-14(12)9-16-4-5-19(28)27(26-16)7-6-25/h2-5,8,10-11H,6-7,9H2,1H3. The number of benzene rings is 2. The third-order valence-electron chi connectivity index (χ3n) is 4.44. The summed E-state index contributed by atoms with van der Waals surface area (Å²) in [5.74, 6) is -0.326. The first kappa shape index (κ1) is 21.5. The van der Waals surface area contributed by atoms with E-state index in [-0.39, 0.29) is 33.5 Å². The maximum atomic E-state index is 13.0. The fourth-order valence-corrected chi connectivity index (χ4v) is 3.92.